The molecule has 0 bridgehead atoms. The Kier molecular flexibility index (Phi) is 2.18. The molecule has 2 aromatic heterocycles. The zero-order valence-electron chi connectivity index (χ0n) is 8.77. The van der Waals surface area contributed by atoms with Crippen LogP contribution in [0.4, 0.5) is 0 Å². The molecule has 80 valence electrons. The minimum Gasteiger partial charge on any atom is -0.337 e. The summed E-state index contributed by atoms with van der Waals surface area (Å²) in [6.07, 6.45) is 2.76. The van der Waals surface area contributed by atoms with Crippen LogP contribution in [0.5, 0.6) is 0 Å². The summed E-state index contributed by atoms with van der Waals surface area (Å²) in [6, 6.07) is 6.29. The SMILES string of the molecule is CCc1ccc2nc(-c3cnns3)[nH]c2c1. The van der Waals surface area contributed by atoms with Crippen molar-refractivity contribution in [2.24, 2.45) is 0 Å². The molecular formula is C11H10N4S. The summed E-state index contributed by atoms with van der Waals surface area (Å²) in [5.74, 6) is 0.846. The van der Waals surface area contributed by atoms with Gasteiger partial charge < -0.3 is 4.98 Å². The highest BCUT2D eigenvalue weighted by atomic mass is 32.1. The van der Waals surface area contributed by atoms with Crippen molar-refractivity contribution < 1.29 is 0 Å². The maximum Gasteiger partial charge on any atom is 0.151 e. The van der Waals surface area contributed by atoms with Gasteiger partial charge in [-0.15, -0.1) is 5.10 Å². The second kappa shape index (κ2) is 3.68. The molecule has 0 saturated carbocycles. The minimum absolute atomic E-state index is 0.846. The summed E-state index contributed by atoms with van der Waals surface area (Å²) in [5.41, 5.74) is 3.37. The van der Waals surface area contributed by atoms with Gasteiger partial charge in [-0.2, -0.15) is 0 Å². The third-order valence-corrected chi connectivity index (χ3v) is 3.22. The van der Waals surface area contributed by atoms with E-state index < -0.39 is 0 Å². The summed E-state index contributed by atoms with van der Waals surface area (Å²) < 4.78 is 3.83. The molecule has 0 aliphatic rings. The molecule has 0 radical (unpaired) electrons. The monoisotopic (exact) mass is 230 g/mol. The Morgan fingerprint density at radius 1 is 1.38 bits per heavy atom. The average molecular weight is 230 g/mol. The number of aryl methyl sites for hydroxylation is 1. The van der Waals surface area contributed by atoms with E-state index >= 15 is 0 Å². The molecule has 16 heavy (non-hydrogen) atoms. The van der Waals surface area contributed by atoms with Crippen molar-refractivity contribution in [3.63, 3.8) is 0 Å². The standard InChI is InChI=1S/C11H10N4S/c1-2-7-3-4-8-9(5-7)14-11(13-8)10-6-12-15-16-10/h3-6H,2H2,1H3,(H,13,14). The molecule has 0 spiro atoms. The number of fused-ring (bicyclic) bond motifs is 1. The van der Waals surface area contributed by atoms with Crippen LogP contribution < -0.4 is 0 Å². The maximum absolute atomic E-state index is 4.51. The van der Waals surface area contributed by atoms with Crippen molar-refractivity contribution in [1.82, 2.24) is 19.6 Å². The summed E-state index contributed by atoms with van der Waals surface area (Å²) in [4.78, 5) is 8.76. The van der Waals surface area contributed by atoms with Gasteiger partial charge in [0, 0.05) is 0 Å². The second-order valence-electron chi connectivity index (χ2n) is 3.57. The van der Waals surface area contributed by atoms with Crippen LogP contribution in [0.25, 0.3) is 21.7 Å². The van der Waals surface area contributed by atoms with E-state index in [1.54, 1.807) is 6.20 Å². The maximum atomic E-state index is 4.51. The van der Waals surface area contributed by atoms with Crippen LogP contribution in [-0.4, -0.2) is 19.6 Å². The van der Waals surface area contributed by atoms with E-state index in [2.05, 4.69) is 38.6 Å². The zero-order valence-corrected chi connectivity index (χ0v) is 9.58. The number of aromatic amines is 1. The van der Waals surface area contributed by atoms with Gasteiger partial charge in [0.25, 0.3) is 0 Å². The third kappa shape index (κ3) is 1.49. The quantitative estimate of drug-likeness (QED) is 0.736. The molecule has 0 saturated heterocycles. The summed E-state index contributed by atoms with van der Waals surface area (Å²) in [7, 11) is 0. The van der Waals surface area contributed by atoms with Crippen molar-refractivity contribution in [2.45, 2.75) is 13.3 Å². The minimum atomic E-state index is 0.846. The van der Waals surface area contributed by atoms with E-state index in [0.29, 0.717) is 0 Å². The van der Waals surface area contributed by atoms with Gasteiger partial charge in [-0.3, -0.25) is 0 Å². The first kappa shape index (κ1) is 9.47. The first-order valence-corrected chi connectivity index (χ1v) is 5.90. The van der Waals surface area contributed by atoms with E-state index in [1.807, 2.05) is 6.07 Å². The number of hydrogen-bond acceptors (Lipinski definition) is 4. The van der Waals surface area contributed by atoms with Crippen molar-refractivity contribution in [2.75, 3.05) is 0 Å². The second-order valence-corrected chi connectivity index (χ2v) is 4.36. The Bertz CT molecular complexity index is 612. The number of nitrogens with one attached hydrogen (secondary N) is 1. The number of benzene rings is 1. The van der Waals surface area contributed by atoms with E-state index in [4.69, 9.17) is 0 Å². The molecule has 0 aliphatic heterocycles. The van der Waals surface area contributed by atoms with Crippen molar-refractivity contribution in [3.05, 3.63) is 30.0 Å². The normalized spacial score (nSPS) is 11.1. The number of hydrogen-bond donors (Lipinski definition) is 1. The molecule has 3 rings (SSSR count). The zero-order chi connectivity index (χ0) is 11.0. The topological polar surface area (TPSA) is 54.5 Å². The fourth-order valence-corrected chi connectivity index (χ4v) is 2.12. The van der Waals surface area contributed by atoms with Gasteiger partial charge in [0.2, 0.25) is 0 Å². The van der Waals surface area contributed by atoms with Gasteiger partial charge in [0.1, 0.15) is 4.88 Å². The van der Waals surface area contributed by atoms with Crippen LogP contribution in [0.3, 0.4) is 0 Å². The Morgan fingerprint density at radius 3 is 3.06 bits per heavy atom. The Labute approximate surface area is 96.5 Å². The van der Waals surface area contributed by atoms with Crippen molar-refractivity contribution in [3.8, 4) is 10.7 Å². The molecule has 0 atom stereocenters. The highest BCUT2D eigenvalue weighted by molar-refractivity contribution is 7.09. The van der Waals surface area contributed by atoms with Gasteiger partial charge in [-0.25, -0.2) is 4.98 Å². The van der Waals surface area contributed by atoms with Crippen LogP contribution in [0.2, 0.25) is 0 Å². The Hall–Kier alpha value is -1.75. The van der Waals surface area contributed by atoms with Crippen LogP contribution in [0.15, 0.2) is 24.4 Å². The first-order chi connectivity index (χ1) is 7.86. The number of H-pyrrole nitrogens is 1. The van der Waals surface area contributed by atoms with Gasteiger partial charge >= 0.3 is 0 Å². The summed E-state index contributed by atoms with van der Waals surface area (Å²) in [6.45, 7) is 2.14. The molecule has 5 heteroatoms. The predicted octanol–water partition coefficient (Wildman–Crippen LogP) is 2.64. The van der Waals surface area contributed by atoms with Crippen LogP contribution in [0.1, 0.15) is 12.5 Å². The highest BCUT2D eigenvalue weighted by Gasteiger charge is 2.07. The van der Waals surface area contributed by atoms with E-state index in [9.17, 15) is 0 Å². The summed E-state index contributed by atoms with van der Waals surface area (Å²) in [5, 5.41) is 3.81. The summed E-state index contributed by atoms with van der Waals surface area (Å²) >= 11 is 1.35. The fourth-order valence-electron chi connectivity index (χ4n) is 1.66. The molecule has 0 aliphatic carbocycles. The number of nitrogens with zero attached hydrogens (tertiary/aromatic N) is 3. The first-order valence-electron chi connectivity index (χ1n) is 5.13. The average Bonchev–Trinajstić information content (AvgIpc) is 2.96. The number of imidazole rings is 1. The van der Waals surface area contributed by atoms with Gasteiger partial charge in [-0.1, -0.05) is 17.5 Å². The third-order valence-electron chi connectivity index (χ3n) is 2.55. The molecule has 0 unspecified atom stereocenters. The molecular weight excluding hydrogens is 220 g/mol. The number of aromatic nitrogens is 4. The van der Waals surface area contributed by atoms with Crippen molar-refractivity contribution >= 4 is 22.6 Å². The largest absolute Gasteiger partial charge is 0.337 e. The van der Waals surface area contributed by atoms with Crippen LogP contribution >= 0.6 is 11.5 Å². The van der Waals surface area contributed by atoms with E-state index in [0.717, 1.165) is 28.2 Å². The van der Waals surface area contributed by atoms with E-state index in [-0.39, 0.29) is 0 Å². The van der Waals surface area contributed by atoms with Gasteiger partial charge in [0.05, 0.1) is 17.2 Å². The molecule has 3 aromatic rings. The molecule has 0 fully saturated rings. The van der Waals surface area contributed by atoms with Gasteiger partial charge in [-0.05, 0) is 35.6 Å². The van der Waals surface area contributed by atoms with Gasteiger partial charge in [0.15, 0.2) is 5.82 Å². The Morgan fingerprint density at radius 2 is 2.31 bits per heavy atom. The lowest BCUT2D eigenvalue weighted by Crippen LogP contribution is -1.78. The highest BCUT2D eigenvalue weighted by Crippen LogP contribution is 2.22. The van der Waals surface area contributed by atoms with Crippen LogP contribution in [-0.2, 0) is 6.42 Å². The molecule has 0 amide bonds. The van der Waals surface area contributed by atoms with E-state index in [1.165, 1.54) is 17.1 Å². The smallest absolute Gasteiger partial charge is 0.151 e. The molecule has 2 heterocycles. The van der Waals surface area contributed by atoms with Crippen LogP contribution in [0, 0.1) is 0 Å². The lowest BCUT2D eigenvalue weighted by molar-refractivity contribution is 1.14. The molecule has 1 aromatic carbocycles. The molecule has 4 nitrogen and oxygen atoms in total. The lowest BCUT2D eigenvalue weighted by atomic mass is 10.1. The number of rotatable bonds is 2. The lowest BCUT2D eigenvalue weighted by Gasteiger charge is -1.93. The predicted molar refractivity (Wildman–Crippen MR) is 64.4 cm³/mol. The molecule has 1 N–H and O–H groups in total. The van der Waals surface area contributed by atoms with Crippen molar-refractivity contribution in [1.29, 1.82) is 0 Å². The fraction of sp³-hybridized carbons (Fsp3) is 0.182. The Balaban J connectivity index is 2.16.